The van der Waals surface area contributed by atoms with Crippen LogP contribution in [0.2, 0.25) is 0 Å². The molecule has 0 N–H and O–H groups in total. The van der Waals surface area contributed by atoms with Crippen LogP contribution in [-0.4, -0.2) is 0 Å². The Morgan fingerprint density at radius 1 is 1.36 bits per heavy atom. The molecule has 0 nitrogen and oxygen atoms in total. The highest BCUT2D eigenvalue weighted by Gasteiger charge is 2.07. The molecule has 0 aromatic rings. The van der Waals surface area contributed by atoms with Crippen molar-refractivity contribution in [2.24, 2.45) is 5.41 Å². The second-order valence-corrected chi connectivity index (χ2v) is 3.10. The first kappa shape index (κ1) is 10.2. The van der Waals surface area contributed by atoms with Crippen molar-refractivity contribution in [2.45, 2.75) is 20.8 Å². The fraction of sp³-hybridized carbons (Fsp3) is 0.400. The molecule has 0 aromatic heterocycles. The van der Waals surface area contributed by atoms with Crippen LogP contribution in [-0.2, 0) is 0 Å². The molecule has 0 aliphatic carbocycles. The second-order valence-electron chi connectivity index (χ2n) is 3.10. The van der Waals surface area contributed by atoms with Crippen molar-refractivity contribution >= 4 is 0 Å². The van der Waals surface area contributed by atoms with Crippen molar-refractivity contribution in [1.82, 2.24) is 0 Å². The number of allylic oxidation sites excluding steroid dienone is 5. The summed E-state index contributed by atoms with van der Waals surface area (Å²) in [5.41, 5.74) is -0.0796. The molecule has 11 heavy (non-hydrogen) atoms. The molecule has 0 aromatic carbocycles. The van der Waals surface area contributed by atoms with Crippen molar-refractivity contribution in [3.05, 3.63) is 36.7 Å². The molecule has 0 heterocycles. The molecule has 0 amide bonds. The molecule has 62 valence electrons. The van der Waals surface area contributed by atoms with E-state index < -0.39 is 5.83 Å². The normalized spacial score (nSPS) is 13.1. The maximum atomic E-state index is 12.2. The van der Waals surface area contributed by atoms with Crippen LogP contribution in [0, 0.1) is 5.41 Å². The third kappa shape index (κ3) is 5.59. The van der Waals surface area contributed by atoms with Gasteiger partial charge >= 0.3 is 0 Å². The van der Waals surface area contributed by atoms with Crippen LogP contribution in [0.15, 0.2) is 36.7 Å². The van der Waals surface area contributed by atoms with E-state index in [1.165, 1.54) is 6.08 Å². The number of hydrogen-bond donors (Lipinski definition) is 0. The third-order valence-electron chi connectivity index (χ3n) is 1.29. The number of halogens is 1. The predicted octanol–water partition coefficient (Wildman–Crippen LogP) is 3.63. The highest BCUT2D eigenvalue weighted by atomic mass is 19.1. The van der Waals surface area contributed by atoms with Gasteiger partial charge in [0.25, 0.3) is 0 Å². The highest BCUT2D eigenvalue weighted by Crippen LogP contribution is 2.19. The van der Waals surface area contributed by atoms with Gasteiger partial charge in [-0.05, 0) is 13.0 Å². The summed E-state index contributed by atoms with van der Waals surface area (Å²) in [6, 6.07) is 0. The fourth-order valence-electron chi connectivity index (χ4n) is 0.790. The van der Waals surface area contributed by atoms with Crippen LogP contribution in [0.3, 0.4) is 0 Å². The van der Waals surface area contributed by atoms with Crippen LogP contribution in [0.5, 0.6) is 0 Å². The largest absolute Gasteiger partial charge is 0.208 e. The van der Waals surface area contributed by atoms with E-state index in [9.17, 15) is 4.39 Å². The van der Waals surface area contributed by atoms with Gasteiger partial charge in [0.15, 0.2) is 0 Å². The van der Waals surface area contributed by atoms with E-state index in [2.05, 4.69) is 6.58 Å². The summed E-state index contributed by atoms with van der Waals surface area (Å²) in [4.78, 5) is 0. The smallest absolute Gasteiger partial charge is 0.115 e. The van der Waals surface area contributed by atoms with Gasteiger partial charge in [-0.2, -0.15) is 0 Å². The van der Waals surface area contributed by atoms with Gasteiger partial charge in [0.2, 0.25) is 0 Å². The first-order valence-corrected chi connectivity index (χ1v) is 3.65. The minimum atomic E-state index is -0.400. The van der Waals surface area contributed by atoms with Crippen molar-refractivity contribution in [3.63, 3.8) is 0 Å². The standard InChI is InChI=1S/C10H15F/c1-5-7-10(3,4)8-6-9(2)11/h5-8H,2H2,1,3-4H3/b7-5-,8-6-. The summed E-state index contributed by atoms with van der Waals surface area (Å²) in [5, 5.41) is 0. The molecule has 0 radical (unpaired) electrons. The van der Waals surface area contributed by atoms with Gasteiger partial charge in [-0.15, -0.1) is 0 Å². The molecule has 0 saturated carbocycles. The highest BCUT2D eigenvalue weighted by molar-refractivity contribution is 5.14. The van der Waals surface area contributed by atoms with E-state index in [4.69, 9.17) is 0 Å². The van der Waals surface area contributed by atoms with Gasteiger partial charge in [0, 0.05) is 5.41 Å². The Morgan fingerprint density at radius 3 is 2.27 bits per heavy atom. The summed E-state index contributed by atoms with van der Waals surface area (Å²) in [6.07, 6.45) is 7.13. The molecule has 0 saturated heterocycles. The Bertz CT molecular complexity index is 185. The molecule has 0 unspecified atom stereocenters. The monoisotopic (exact) mass is 154 g/mol. The van der Waals surface area contributed by atoms with E-state index >= 15 is 0 Å². The quantitative estimate of drug-likeness (QED) is 0.430. The maximum absolute atomic E-state index is 12.2. The van der Waals surface area contributed by atoms with E-state index in [-0.39, 0.29) is 5.41 Å². The zero-order valence-electron chi connectivity index (χ0n) is 7.39. The summed E-state index contributed by atoms with van der Waals surface area (Å²) >= 11 is 0. The summed E-state index contributed by atoms with van der Waals surface area (Å²) < 4.78 is 12.2. The lowest BCUT2D eigenvalue weighted by molar-refractivity contribution is 0.614. The van der Waals surface area contributed by atoms with Gasteiger partial charge in [0.1, 0.15) is 5.83 Å². The lowest BCUT2D eigenvalue weighted by Crippen LogP contribution is -2.01. The van der Waals surface area contributed by atoms with Gasteiger partial charge < -0.3 is 0 Å². The van der Waals surface area contributed by atoms with E-state index in [0.717, 1.165) is 0 Å². The molecule has 0 bridgehead atoms. The van der Waals surface area contributed by atoms with E-state index in [1.807, 2.05) is 32.9 Å². The molecule has 0 fully saturated rings. The SMILES string of the molecule is C=C(F)/C=C\C(C)(C)/C=C\C. The zero-order chi connectivity index (χ0) is 8.91. The Labute approximate surface area is 68.1 Å². The molecule has 0 atom stereocenters. The lowest BCUT2D eigenvalue weighted by atomic mass is 9.92. The van der Waals surface area contributed by atoms with Crippen LogP contribution >= 0.6 is 0 Å². The van der Waals surface area contributed by atoms with E-state index in [0.29, 0.717) is 0 Å². The maximum Gasteiger partial charge on any atom is 0.115 e. The Kier molecular flexibility index (Phi) is 3.80. The van der Waals surface area contributed by atoms with Crippen molar-refractivity contribution in [2.75, 3.05) is 0 Å². The minimum absolute atomic E-state index is 0.0796. The summed E-state index contributed by atoms with van der Waals surface area (Å²) in [5.74, 6) is -0.400. The third-order valence-corrected chi connectivity index (χ3v) is 1.29. The lowest BCUT2D eigenvalue weighted by Gasteiger charge is -2.13. The number of hydrogen-bond acceptors (Lipinski definition) is 0. The van der Waals surface area contributed by atoms with Crippen molar-refractivity contribution in [3.8, 4) is 0 Å². The zero-order valence-corrected chi connectivity index (χ0v) is 7.39. The second kappa shape index (κ2) is 4.12. The molecule has 0 aliphatic heterocycles. The van der Waals surface area contributed by atoms with Crippen LogP contribution < -0.4 is 0 Å². The van der Waals surface area contributed by atoms with Gasteiger partial charge in [-0.25, -0.2) is 4.39 Å². The van der Waals surface area contributed by atoms with Crippen molar-refractivity contribution < 1.29 is 4.39 Å². The molecule has 0 aliphatic rings. The molecule has 1 heteroatoms. The van der Waals surface area contributed by atoms with E-state index in [1.54, 1.807) is 6.08 Å². The van der Waals surface area contributed by atoms with Gasteiger partial charge in [0.05, 0.1) is 0 Å². The summed E-state index contributed by atoms with van der Waals surface area (Å²) in [6.45, 7) is 9.10. The fourth-order valence-corrected chi connectivity index (χ4v) is 0.790. The predicted molar refractivity (Wildman–Crippen MR) is 48.0 cm³/mol. The van der Waals surface area contributed by atoms with Crippen LogP contribution in [0.1, 0.15) is 20.8 Å². The molecular formula is C10H15F. The first-order valence-electron chi connectivity index (χ1n) is 3.65. The summed E-state index contributed by atoms with van der Waals surface area (Å²) in [7, 11) is 0. The molecule has 0 rings (SSSR count). The Morgan fingerprint density at radius 2 is 1.91 bits per heavy atom. The van der Waals surface area contributed by atoms with Crippen LogP contribution in [0.4, 0.5) is 4.39 Å². The Balaban J connectivity index is 4.22. The van der Waals surface area contributed by atoms with Gasteiger partial charge in [-0.3, -0.25) is 0 Å². The molecular weight excluding hydrogens is 139 g/mol. The first-order chi connectivity index (χ1) is 4.98. The average Bonchev–Trinajstić information content (AvgIpc) is 1.84. The molecule has 0 spiro atoms. The van der Waals surface area contributed by atoms with Crippen LogP contribution in [0.25, 0.3) is 0 Å². The van der Waals surface area contributed by atoms with Gasteiger partial charge in [-0.1, -0.05) is 38.7 Å². The Hall–Kier alpha value is -0.850. The average molecular weight is 154 g/mol. The topological polar surface area (TPSA) is 0 Å². The number of rotatable bonds is 3. The van der Waals surface area contributed by atoms with Crippen molar-refractivity contribution in [1.29, 1.82) is 0 Å². The minimum Gasteiger partial charge on any atom is -0.208 e.